The smallest absolute Gasteiger partial charge is 0.294 e. The summed E-state index contributed by atoms with van der Waals surface area (Å²) < 4.78 is 0.966. The number of anilines is 3. The highest BCUT2D eigenvalue weighted by atomic mass is 35.5. The van der Waals surface area contributed by atoms with Crippen LogP contribution in [-0.2, 0) is 6.54 Å². The second-order valence-electron chi connectivity index (χ2n) is 8.44. The van der Waals surface area contributed by atoms with Crippen LogP contribution in [0.4, 0.5) is 17.3 Å². The van der Waals surface area contributed by atoms with Gasteiger partial charge in [0.15, 0.2) is 0 Å². The number of fused-ring (bicyclic) bond motifs is 2. The van der Waals surface area contributed by atoms with Crippen LogP contribution in [0.2, 0.25) is 5.02 Å². The summed E-state index contributed by atoms with van der Waals surface area (Å²) in [5, 5.41) is 14.3. The molecule has 7 nitrogen and oxygen atoms in total. The van der Waals surface area contributed by atoms with E-state index in [1.165, 1.54) is 0 Å². The number of aromatic nitrogens is 3. The molecular formula is C26H21ClN6OS. The van der Waals surface area contributed by atoms with Crippen molar-refractivity contribution in [3.05, 3.63) is 82.6 Å². The van der Waals surface area contributed by atoms with E-state index in [9.17, 15) is 4.79 Å². The van der Waals surface area contributed by atoms with Crippen molar-refractivity contribution in [1.29, 1.82) is 0 Å². The molecule has 1 aliphatic carbocycles. The number of hydrogen-bond donors (Lipinski definition) is 3. The summed E-state index contributed by atoms with van der Waals surface area (Å²) in [4.78, 5) is 26.9. The first kappa shape index (κ1) is 21.8. The van der Waals surface area contributed by atoms with E-state index in [1.54, 1.807) is 11.3 Å². The van der Waals surface area contributed by atoms with Crippen molar-refractivity contribution < 1.29 is 4.79 Å². The molecule has 9 heteroatoms. The Labute approximate surface area is 210 Å². The van der Waals surface area contributed by atoms with Crippen LogP contribution in [0.5, 0.6) is 0 Å². The van der Waals surface area contributed by atoms with Gasteiger partial charge in [-0.1, -0.05) is 35.9 Å². The van der Waals surface area contributed by atoms with Crippen molar-refractivity contribution in [3.8, 4) is 0 Å². The van der Waals surface area contributed by atoms with Gasteiger partial charge in [-0.15, -0.1) is 11.3 Å². The summed E-state index contributed by atoms with van der Waals surface area (Å²) in [6, 6.07) is 19.7. The zero-order chi connectivity index (χ0) is 23.8. The average Bonchev–Trinajstić information content (AvgIpc) is 3.55. The quantitative estimate of drug-likeness (QED) is 0.242. The molecule has 5 aromatic rings. The van der Waals surface area contributed by atoms with Gasteiger partial charge in [0.2, 0.25) is 5.82 Å². The van der Waals surface area contributed by atoms with Gasteiger partial charge in [0.05, 0.1) is 22.5 Å². The lowest BCUT2D eigenvalue weighted by Crippen LogP contribution is -2.18. The fraction of sp³-hybridized carbons (Fsp3) is 0.154. The fourth-order valence-corrected chi connectivity index (χ4v) is 4.79. The number of carbonyl (C=O) groups is 1. The second-order valence-corrected chi connectivity index (χ2v) is 9.79. The minimum atomic E-state index is -0.392. The number of thiophene rings is 1. The maximum Gasteiger partial charge on any atom is 0.294 e. The van der Waals surface area contributed by atoms with E-state index in [-0.39, 0.29) is 5.82 Å². The molecule has 35 heavy (non-hydrogen) atoms. The van der Waals surface area contributed by atoms with E-state index >= 15 is 0 Å². The number of halogens is 1. The van der Waals surface area contributed by atoms with Crippen LogP contribution < -0.4 is 16.0 Å². The first-order valence-corrected chi connectivity index (χ1v) is 12.6. The molecule has 2 aromatic carbocycles. The highest BCUT2D eigenvalue weighted by molar-refractivity contribution is 7.17. The molecule has 0 atom stereocenters. The number of hydrogen-bond acceptors (Lipinski definition) is 7. The molecule has 0 radical (unpaired) electrons. The van der Waals surface area contributed by atoms with Crippen molar-refractivity contribution in [2.24, 2.45) is 0 Å². The van der Waals surface area contributed by atoms with Crippen LogP contribution in [0.15, 0.2) is 66.0 Å². The molecule has 0 unspecified atom stereocenters. The van der Waals surface area contributed by atoms with Crippen LogP contribution in [0, 0.1) is 0 Å². The standard InChI is InChI=1S/C26H21ClN6OS/c27-16-5-7-17(8-6-16)28-14-21-19-4-2-1-3-15(19)13-22(30-21)32-26(34)25-31-20-11-12-35-23(20)24(33-25)29-18-9-10-18/h1-8,11-13,18,28H,9-10,14H2,(H,29,31,33)(H,30,32,34). The Morgan fingerprint density at radius 2 is 1.86 bits per heavy atom. The van der Waals surface area contributed by atoms with Crippen molar-refractivity contribution >= 4 is 67.2 Å². The third kappa shape index (κ3) is 4.76. The maximum absolute atomic E-state index is 13.2. The molecular weight excluding hydrogens is 480 g/mol. The molecule has 1 aliphatic rings. The van der Waals surface area contributed by atoms with Crippen LogP contribution in [0.1, 0.15) is 29.2 Å². The largest absolute Gasteiger partial charge is 0.379 e. The van der Waals surface area contributed by atoms with E-state index in [0.717, 1.165) is 51.0 Å². The molecule has 0 saturated heterocycles. The normalized spacial score (nSPS) is 13.2. The molecule has 0 aliphatic heterocycles. The number of carbonyl (C=O) groups excluding carboxylic acids is 1. The van der Waals surface area contributed by atoms with Gasteiger partial charge in [0.1, 0.15) is 11.6 Å². The van der Waals surface area contributed by atoms with E-state index in [0.29, 0.717) is 23.4 Å². The van der Waals surface area contributed by atoms with Crippen molar-refractivity contribution in [3.63, 3.8) is 0 Å². The predicted octanol–water partition coefficient (Wildman–Crippen LogP) is 6.33. The monoisotopic (exact) mass is 500 g/mol. The number of nitrogens with one attached hydrogen (secondary N) is 3. The lowest BCUT2D eigenvalue weighted by Gasteiger charge is -2.12. The first-order valence-electron chi connectivity index (χ1n) is 11.3. The fourth-order valence-electron chi connectivity index (χ4n) is 3.88. The molecule has 0 bridgehead atoms. The van der Waals surface area contributed by atoms with Gasteiger partial charge in [-0.2, -0.15) is 0 Å². The van der Waals surface area contributed by atoms with Crippen LogP contribution in [0.25, 0.3) is 21.0 Å². The van der Waals surface area contributed by atoms with Gasteiger partial charge in [-0.25, -0.2) is 15.0 Å². The van der Waals surface area contributed by atoms with E-state index < -0.39 is 5.91 Å². The molecule has 3 aromatic heterocycles. The van der Waals surface area contributed by atoms with Crippen LogP contribution in [0.3, 0.4) is 0 Å². The first-order chi connectivity index (χ1) is 17.1. The highest BCUT2D eigenvalue weighted by Gasteiger charge is 2.24. The van der Waals surface area contributed by atoms with Gasteiger partial charge in [-0.05, 0) is 60.0 Å². The SMILES string of the molecule is O=C(Nc1cc2ccccc2c(CNc2ccc(Cl)cc2)n1)c1nc(NC2CC2)c2sccc2n1. The summed E-state index contributed by atoms with van der Waals surface area (Å²) in [6.07, 6.45) is 2.23. The van der Waals surface area contributed by atoms with Crippen molar-refractivity contribution in [1.82, 2.24) is 15.0 Å². The summed E-state index contributed by atoms with van der Waals surface area (Å²) in [6.45, 7) is 0.485. The van der Waals surface area contributed by atoms with Crippen LogP contribution in [-0.4, -0.2) is 26.9 Å². The topological polar surface area (TPSA) is 91.8 Å². The third-order valence-corrected chi connectivity index (χ3v) is 6.95. The van der Waals surface area contributed by atoms with E-state index in [1.807, 2.05) is 66.0 Å². The molecule has 0 spiro atoms. The summed E-state index contributed by atoms with van der Waals surface area (Å²) in [5.74, 6) is 0.899. The molecule has 6 rings (SSSR count). The maximum atomic E-state index is 13.2. The second kappa shape index (κ2) is 9.13. The highest BCUT2D eigenvalue weighted by Crippen LogP contribution is 2.31. The molecule has 1 fully saturated rings. The minimum Gasteiger partial charge on any atom is -0.379 e. The molecule has 3 heterocycles. The van der Waals surface area contributed by atoms with Gasteiger partial charge < -0.3 is 16.0 Å². The molecule has 174 valence electrons. The zero-order valence-electron chi connectivity index (χ0n) is 18.6. The number of pyridine rings is 1. The molecule has 3 N–H and O–H groups in total. The van der Waals surface area contributed by atoms with Gasteiger partial charge in [-0.3, -0.25) is 4.79 Å². The lowest BCUT2D eigenvalue weighted by atomic mass is 10.1. The number of amides is 1. The molecule has 1 saturated carbocycles. The van der Waals surface area contributed by atoms with Gasteiger partial charge in [0.25, 0.3) is 5.91 Å². The Kier molecular flexibility index (Phi) is 5.67. The minimum absolute atomic E-state index is 0.120. The summed E-state index contributed by atoms with van der Waals surface area (Å²) >= 11 is 7.57. The average molecular weight is 501 g/mol. The third-order valence-electron chi connectivity index (χ3n) is 5.79. The lowest BCUT2D eigenvalue weighted by molar-refractivity contribution is 0.101. The zero-order valence-corrected chi connectivity index (χ0v) is 20.2. The van der Waals surface area contributed by atoms with E-state index in [2.05, 4.69) is 25.9 Å². The van der Waals surface area contributed by atoms with Gasteiger partial charge in [0, 0.05) is 22.1 Å². The Morgan fingerprint density at radius 3 is 2.69 bits per heavy atom. The summed E-state index contributed by atoms with van der Waals surface area (Å²) in [5.41, 5.74) is 2.51. The number of rotatable bonds is 7. The molecule has 1 amide bonds. The predicted molar refractivity (Wildman–Crippen MR) is 143 cm³/mol. The Hall–Kier alpha value is -3.75. The van der Waals surface area contributed by atoms with Gasteiger partial charge >= 0.3 is 0 Å². The summed E-state index contributed by atoms with van der Waals surface area (Å²) in [7, 11) is 0. The van der Waals surface area contributed by atoms with Crippen LogP contribution >= 0.6 is 22.9 Å². The van der Waals surface area contributed by atoms with Crippen molar-refractivity contribution in [2.75, 3.05) is 16.0 Å². The Morgan fingerprint density at radius 1 is 1.03 bits per heavy atom. The number of benzene rings is 2. The Balaban J connectivity index is 1.28. The number of nitrogens with zero attached hydrogens (tertiary/aromatic N) is 3. The Bertz CT molecular complexity index is 1550. The van der Waals surface area contributed by atoms with E-state index in [4.69, 9.17) is 16.6 Å². The van der Waals surface area contributed by atoms with Crippen molar-refractivity contribution in [2.45, 2.75) is 25.4 Å².